The quantitative estimate of drug-likeness (QED) is 0.907. The second kappa shape index (κ2) is 6.31. The minimum absolute atomic E-state index is 0.106. The smallest absolute Gasteiger partial charge is 0.122 e. The minimum Gasteiger partial charge on any atom is -0.491 e. The first-order chi connectivity index (χ1) is 9.88. The lowest BCUT2D eigenvalue weighted by molar-refractivity contribution is 0.288. The highest BCUT2D eigenvalue weighted by Crippen LogP contribution is 2.25. The SMILES string of the molecule is Cc1ccc(C(N)COc2cc(C)cc(C)c2C)c(C)c1. The van der Waals surface area contributed by atoms with E-state index in [1.807, 2.05) is 0 Å². The van der Waals surface area contributed by atoms with E-state index in [0.29, 0.717) is 6.61 Å². The third-order valence-electron chi connectivity index (χ3n) is 4.01. The maximum atomic E-state index is 6.29. The molecule has 0 radical (unpaired) electrons. The van der Waals surface area contributed by atoms with E-state index in [9.17, 15) is 0 Å². The summed E-state index contributed by atoms with van der Waals surface area (Å²) in [5, 5.41) is 0. The predicted octanol–water partition coefficient (Wildman–Crippen LogP) is 4.31. The molecule has 0 aromatic heterocycles. The van der Waals surface area contributed by atoms with Crippen LogP contribution in [0.5, 0.6) is 5.75 Å². The molecular weight excluding hydrogens is 258 g/mol. The van der Waals surface area contributed by atoms with Gasteiger partial charge in [0.1, 0.15) is 12.4 Å². The third kappa shape index (κ3) is 3.64. The van der Waals surface area contributed by atoms with E-state index in [4.69, 9.17) is 10.5 Å². The fourth-order valence-corrected chi connectivity index (χ4v) is 2.66. The Hall–Kier alpha value is -1.80. The summed E-state index contributed by atoms with van der Waals surface area (Å²) in [7, 11) is 0. The number of rotatable bonds is 4. The molecule has 0 saturated heterocycles. The minimum atomic E-state index is -0.106. The van der Waals surface area contributed by atoms with Gasteiger partial charge in [0.2, 0.25) is 0 Å². The van der Waals surface area contributed by atoms with Crippen molar-refractivity contribution in [2.75, 3.05) is 6.61 Å². The van der Waals surface area contributed by atoms with Crippen molar-refractivity contribution in [3.63, 3.8) is 0 Å². The Balaban J connectivity index is 2.12. The monoisotopic (exact) mass is 283 g/mol. The summed E-state index contributed by atoms with van der Waals surface area (Å²) in [6.45, 7) is 11.0. The summed E-state index contributed by atoms with van der Waals surface area (Å²) in [6, 6.07) is 10.5. The second-order valence-electron chi connectivity index (χ2n) is 5.98. The molecule has 1 unspecified atom stereocenters. The summed E-state index contributed by atoms with van der Waals surface area (Å²) in [5.74, 6) is 0.938. The van der Waals surface area contributed by atoms with Crippen LogP contribution in [0.1, 0.15) is 39.4 Å². The Morgan fingerprint density at radius 1 is 0.905 bits per heavy atom. The van der Waals surface area contributed by atoms with Crippen LogP contribution in [-0.4, -0.2) is 6.61 Å². The molecule has 112 valence electrons. The Morgan fingerprint density at radius 2 is 1.57 bits per heavy atom. The summed E-state index contributed by atoms with van der Waals surface area (Å²) in [4.78, 5) is 0. The summed E-state index contributed by atoms with van der Waals surface area (Å²) < 4.78 is 5.97. The van der Waals surface area contributed by atoms with Crippen molar-refractivity contribution in [2.45, 2.75) is 40.7 Å². The molecule has 0 saturated carbocycles. The van der Waals surface area contributed by atoms with Crippen molar-refractivity contribution < 1.29 is 4.74 Å². The highest BCUT2D eigenvalue weighted by molar-refractivity contribution is 5.42. The van der Waals surface area contributed by atoms with E-state index in [1.165, 1.54) is 27.8 Å². The molecule has 0 bridgehead atoms. The molecule has 2 nitrogen and oxygen atoms in total. The van der Waals surface area contributed by atoms with Crippen LogP contribution in [0.15, 0.2) is 30.3 Å². The van der Waals surface area contributed by atoms with Gasteiger partial charge >= 0.3 is 0 Å². The van der Waals surface area contributed by atoms with Gasteiger partial charge in [0.15, 0.2) is 0 Å². The summed E-state index contributed by atoms with van der Waals surface area (Å²) >= 11 is 0. The molecule has 21 heavy (non-hydrogen) atoms. The molecule has 0 aliphatic carbocycles. The molecule has 0 fully saturated rings. The fraction of sp³-hybridized carbons (Fsp3) is 0.368. The van der Waals surface area contributed by atoms with E-state index in [1.54, 1.807) is 0 Å². The van der Waals surface area contributed by atoms with E-state index >= 15 is 0 Å². The molecule has 0 aliphatic rings. The highest BCUT2D eigenvalue weighted by Gasteiger charge is 2.11. The van der Waals surface area contributed by atoms with Gasteiger partial charge in [0.05, 0.1) is 6.04 Å². The van der Waals surface area contributed by atoms with Crippen molar-refractivity contribution in [2.24, 2.45) is 5.73 Å². The van der Waals surface area contributed by atoms with Crippen molar-refractivity contribution in [1.29, 1.82) is 0 Å². The third-order valence-corrected chi connectivity index (χ3v) is 4.01. The molecule has 0 amide bonds. The molecule has 1 atom stereocenters. The highest BCUT2D eigenvalue weighted by atomic mass is 16.5. The Labute approximate surface area is 127 Å². The van der Waals surface area contributed by atoms with Gasteiger partial charge in [-0.2, -0.15) is 0 Å². The van der Waals surface area contributed by atoms with Gasteiger partial charge < -0.3 is 10.5 Å². The normalized spacial score (nSPS) is 12.3. The first-order valence-electron chi connectivity index (χ1n) is 7.42. The lowest BCUT2D eigenvalue weighted by atomic mass is 10.0. The van der Waals surface area contributed by atoms with Crippen molar-refractivity contribution >= 4 is 0 Å². The molecule has 2 rings (SSSR count). The van der Waals surface area contributed by atoms with E-state index in [-0.39, 0.29) is 6.04 Å². The first-order valence-corrected chi connectivity index (χ1v) is 7.42. The molecule has 0 spiro atoms. The molecule has 2 aromatic carbocycles. The molecule has 2 aromatic rings. The van der Waals surface area contributed by atoms with Gasteiger partial charge in [-0.15, -0.1) is 0 Å². The maximum Gasteiger partial charge on any atom is 0.122 e. The van der Waals surface area contributed by atoms with Crippen LogP contribution < -0.4 is 10.5 Å². The van der Waals surface area contributed by atoms with Gasteiger partial charge in [0, 0.05) is 0 Å². The van der Waals surface area contributed by atoms with Crippen LogP contribution in [0.2, 0.25) is 0 Å². The molecule has 0 aliphatic heterocycles. The summed E-state index contributed by atoms with van der Waals surface area (Å²) in [6.07, 6.45) is 0. The fourth-order valence-electron chi connectivity index (χ4n) is 2.66. The van der Waals surface area contributed by atoms with E-state index in [0.717, 1.165) is 11.3 Å². The van der Waals surface area contributed by atoms with Gasteiger partial charge in [-0.1, -0.05) is 29.8 Å². The zero-order valence-electron chi connectivity index (χ0n) is 13.7. The van der Waals surface area contributed by atoms with Crippen LogP contribution in [-0.2, 0) is 0 Å². The number of aryl methyl sites for hydroxylation is 4. The number of hydrogen-bond donors (Lipinski definition) is 1. The van der Waals surface area contributed by atoms with Crippen LogP contribution in [0, 0.1) is 34.6 Å². The van der Waals surface area contributed by atoms with Crippen LogP contribution in [0.3, 0.4) is 0 Å². The average Bonchev–Trinajstić information content (AvgIpc) is 2.40. The molecule has 0 heterocycles. The van der Waals surface area contributed by atoms with E-state index < -0.39 is 0 Å². The zero-order chi connectivity index (χ0) is 15.6. The zero-order valence-corrected chi connectivity index (χ0v) is 13.7. The molecule has 2 N–H and O–H groups in total. The maximum absolute atomic E-state index is 6.29. The topological polar surface area (TPSA) is 35.2 Å². The van der Waals surface area contributed by atoms with E-state index in [2.05, 4.69) is 65.0 Å². The average molecular weight is 283 g/mol. The number of nitrogens with two attached hydrogens (primary N) is 1. The Bertz CT molecular complexity index is 646. The largest absolute Gasteiger partial charge is 0.491 e. The van der Waals surface area contributed by atoms with Gasteiger partial charge in [-0.3, -0.25) is 0 Å². The van der Waals surface area contributed by atoms with Crippen LogP contribution in [0.25, 0.3) is 0 Å². The van der Waals surface area contributed by atoms with Crippen molar-refractivity contribution in [1.82, 2.24) is 0 Å². The van der Waals surface area contributed by atoms with Gasteiger partial charge in [-0.25, -0.2) is 0 Å². The Kier molecular flexibility index (Phi) is 4.69. The van der Waals surface area contributed by atoms with Gasteiger partial charge in [0.25, 0.3) is 0 Å². The van der Waals surface area contributed by atoms with Gasteiger partial charge in [-0.05, 0) is 68.5 Å². The number of benzene rings is 2. The number of hydrogen-bond acceptors (Lipinski definition) is 2. The second-order valence-corrected chi connectivity index (χ2v) is 5.98. The molecule has 2 heteroatoms. The van der Waals surface area contributed by atoms with Crippen molar-refractivity contribution in [3.8, 4) is 5.75 Å². The standard InChI is InChI=1S/C19H25NO/c1-12-6-7-17(15(4)8-12)18(20)11-21-19-10-13(2)9-14(3)16(19)5/h6-10,18H,11,20H2,1-5H3. The first kappa shape index (κ1) is 15.6. The predicted molar refractivity (Wildman–Crippen MR) is 89.0 cm³/mol. The van der Waals surface area contributed by atoms with Crippen LogP contribution >= 0.6 is 0 Å². The lowest BCUT2D eigenvalue weighted by Crippen LogP contribution is -2.20. The Morgan fingerprint density at radius 3 is 2.24 bits per heavy atom. The van der Waals surface area contributed by atoms with Crippen LogP contribution in [0.4, 0.5) is 0 Å². The lowest BCUT2D eigenvalue weighted by Gasteiger charge is -2.18. The molecular formula is C19H25NO. The number of ether oxygens (including phenoxy) is 1. The summed E-state index contributed by atoms with van der Waals surface area (Å²) in [5.41, 5.74) is 13.6. The van der Waals surface area contributed by atoms with Crippen molar-refractivity contribution in [3.05, 3.63) is 63.7 Å².